The molecule has 1 fully saturated rings. The highest BCUT2D eigenvalue weighted by Crippen LogP contribution is 2.33. The number of ketones is 1. The van der Waals surface area contributed by atoms with Gasteiger partial charge in [-0.05, 0) is 36.8 Å². The Balaban J connectivity index is 1.46. The number of nitrogens with one attached hydrogen (secondary N) is 2. The zero-order valence-electron chi connectivity index (χ0n) is 17.8. The van der Waals surface area contributed by atoms with Gasteiger partial charge in [0.15, 0.2) is 11.6 Å². The number of carbonyl (C=O) groups is 1. The van der Waals surface area contributed by atoms with Gasteiger partial charge in [0.2, 0.25) is 0 Å². The standard InChI is InChI=1S/C24H21F3N4O2/c1-14-10-18-19(12-21(14)31-6-8-33-9-7-31)30-23(29-18)20-11-15(13-28-20)22(32)16-4-2-3-5-17(16)24(25,26)27/h2-5,10-13,28H,6-9H2,1H3,(H,29,30). The summed E-state index contributed by atoms with van der Waals surface area (Å²) in [5, 5.41) is 0. The summed E-state index contributed by atoms with van der Waals surface area (Å²) in [5.74, 6) is -0.196. The first-order valence-corrected chi connectivity index (χ1v) is 10.5. The number of ether oxygens (including phenoxy) is 1. The van der Waals surface area contributed by atoms with E-state index < -0.39 is 17.5 Å². The highest BCUT2D eigenvalue weighted by Gasteiger charge is 2.35. The lowest BCUT2D eigenvalue weighted by atomic mass is 9.99. The molecule has 5 rings (SSSR count). The molecule has 0 saturated carbocycles. The smallest absolute Gasteiger partial charge is 0.378 e. The SMILES string of the molecule is Cc1cc2[nH]c(-c3cc(C(=O)c4ccccc4C(F)(F)F)c[nH]3)nc2cc1N1CCOCC1. The number of aryl methyl sites for hydroxylation is 1. The summed E-state index contributed by atoms with van der Waals surface area (Å²) in [6.45, 7) is 5.02. The quantitative estimate of drug-likeness (QED) is 0.428. The fourth-order valence-corrected chi connectivity index (χ4v) is 4.17. The number of anilines is 1. The van der Waals surface area contributed by atoms with E-state index in [-0.39, 0.29) is 11.1 Å². The molecule has 4 aromatic rings. The number of imidazole rings is 1. The number of hydrogen-bond acceptors (Lipinski definition) is 4. The number of fused-ring (bicyclic) bond motifs is 1. The molecule has 6 nitrogen and oxygen atoms in total. The molecule has 1 aliphatic rings. The number of nitrogens with zero attached hydrogens (tertiary/aromatic N) is 2. The lowest BCUT2D eigenvalue weighted by molar-refractivity contribution is -0.137. The maximum absolute atomic E-state index is 13.3. The van der Waals surface area contributed by atoms with Crippen molar-refractivity contribution in [3.05, 3.63) is 70.9 Å². The minimum Gasteiger partial charge on any atom is -0.378 e. The van der Waals surface area contributed by atoms with Gasteiger partial charge in [-0.3, -0.25) is 4.79 Å². The molecular weight excluding hydrogens is 433 g/mol. The molecule has 0 bridgehead atoms. The van der Waals surface area contributed by atoms with E-state index in [0.29, 0.717) is 24.7 Å². The third-order valence-corrected chi connectivity index (χ3v) is 5.83. The van der Waals surface area contributed by atoms with Gasteiger partial charge in [0.1, 0.15) is 0 Å². The van der Waals surface area contributed by atoms with Crippen LogP contribution >= 0.6 is 0 Å². The molecule has 3 heterocycles. The molecule has 0 aliphatic carbocycles. The van der Waals surface area contributed by atoms with E-state index in [1.165, 1.54) is 30.5 Å². The van der Waals surface area contributed by atoms with Gasteiger partial charge in [-0.25, -0.2) is 4.98 Å². The van der Waals surface area contributed by atoms with Crippen molar-refractivity contribution in [3.8, 4) is 11.5 Å². The maximum Gasteiger partial charge on any atom is 0.417 e. The molecule has 0 unspecified atom stereocenters. The number of carbonyl (C=O) groups excluding carboxylic acids is 1. The average Bonchev–Trinajstić information content (AvgIpc) is 3.45. The number of aromatic amines is 2. The summed E-state index contributed by atoms with van der Waals surface area (Å²) in [5.41, 5.74) is 3.11. The van der Waals surface area contributed by atoms with Gasteiger partial charge in [-0.15, -0.1) is 0 Å². The van der Waals surface area contributed by atoms with Crippen molar-refractivity contribution in [1.29, 1.82) is 0 Å². The van der Waals surface area contributed by atoms with Crippen molar-refractivity contribution in [2.45, 2.75) is 13.1 Å². The normalized spacial score (nSPS) is 14.7. The number of hydrogen-bond donors (Lipinski definition) is 2. The van der Waals surface area contributed by atoms with Crippen LogP contribution in [-0.2, 0) is 10.9 Å². The monoisotopic (exact) mass is 454 g/mol. The van der Waals surface area contributed by atoms with Crippen molar-refractivity contribution in [2.24, 2.45) is 0 Å². The predicted octanol–water partition coefficient (Wildman–Crippen LogP) is 4.95. The number of halogens is 3. The molecule has 0 radical (unpaired) electrons. The van der Waals surface area contributed by atoms with Crippen molar-refractivity contribution >= 4 is 22.5 Å². The number of morpholine rings is 1. The summed E-state index contributed by atoms with van der Waals surface area (Å²) < 4.78 is 45.4. The molecule has 9 heteroatoms. The molecule has 0 amide bonds. The Hall–Kier alpha value is -3.59. The van der Waals surface area contributed by atoms with E-state index in [2.05, 4.69) is 19.9 Å². The summed E-state index contributed by atoms with van der Waals surface area (Å²) in [4.78, 5) is 25.9. The maximum atomic E-state index is 13.3. The van der Waals surface area contributed by atoms with Gasteiger partial charge in [-0.2, -0.15) is 13.2 Å². The number of benzene rings is 2. The van der Waals surface area contributed by atoms with Crippen LogP contribution in [0.1, 0.15) is 27.0 Å². The molecule has 2 N–H and O–H groups in total. The highest BCUT2D eigenvalue weighted by molar-refractivity contribution is 6.10. The minimum atomic E-state index is -4.61. The summed E-state index contributed by atoms with van der Waals surface area (Å²) in [6.07, 6.45) is -3.21. The van der Waals surface area contributed by atoms with Gasteiger partial charge in [0.05, 0.1) is 35.5 Å². The van der Waals surface area contributed by atoms with Crippen LogP contribution in [0.25, 0.3) is 22.6 Å². The van der Waals surface area contributed by atoms with Crippen LogP contribution in [0, 0.1) is 6.92 Å². The van der Waals surface area contributed by atoms with E-state index in [1.54, 1.807) is 0 Å². The molecular formula is C24H21F3N4O2. The number of H-pyrrole nitrogens is 2. The number of aromatic nitrogens is 3. The second kappa shape index (κ2) is 8.08. The Labute approximate surface area is 187 Å². The average molecular weight is 454 g/mol. The van der Waals surface area contributed by atoms with E-state index in [4.69, 9.17) is 4.74 Å². The zero-order valence-corrected chi connectivity index (χ0v) is 17.8. The minimum absolute atomic E-state index is 0.132. The summed E-state index contributed by atoms with van der Waals surface area (Å²) in [7, 11) is 0. The summed E-state index contributed by atoms with van der Waals surface area (Å²) in [6, 6.07) is 10.3. The first-order valence-electron chi connectivity index (χ1n) is 10.5. The van der Waals surface area contributed by atoms with Crippen molar-refractivity contribution < 1.29 is 22.7 Å². The Morgan fingerprint density at radius 1 is 1.12 bits per heavy atom. The topological polar surface area (TPSA) is 74.0 Å². The van der Waals surface area contributed by atoms with E-state index in [1.807, 2.05) is 19.1 Å². The van der Waals surface area contributed by atoms with Crippen molar-refractivity contribution in [3.63, 3.8) is 0 Å². The molecule has 33 heavy (non-hydrogen) atoms. The van der Waals surface area contributed by atoms with Gasteiger partial charge in [-0.1, -0.05) is 18.2 Å². The Kier molecular flexibility index (Phi) is 5.20. The van der Waals surface area contributed by atoms with E-state index >= 15 is 0 Å². The third kappa shape index (κ3) is 4.00. The van der Waals surface area contributed by atoms with Gasteiger partial charge in [0.25, 0.3) is 0 Å². The van der Waals surface area contributed by atoms with Crippen LogP contribution in [-0.4, -0.2) is 47.0 Å². The zero-order chi connectivity index (χ0) is 23.2. The lowest BCUT2D eigenvalue weighted by Gasteiger charge is -2.30. The van der Waals surface area contributed by atoms with Crippen LogP contribution in [0.3, 0.4) is 0 Å². The number of alkyl halides is 3. The Morgan fingerprint density at radius 2 is 1.88 bits per heavy atom. The predicted molar refractivity (Wildman–Crippen MR) is 119 cm³/mol. The van der Waals surface area contributed by atoms with Crippen LogP contribution in [0.4, 0.5) is 18.9 Å². The second-order valence-corrected chi connectivity index (χ2v) is 8.02. The largest absolute Gasteiger partial charge is 0.417 e. The molecule has 0 spiro atoms. The molecule has 0 atom stereocenters. The highest BCUT2D eigenvalue weighted by atomic mass is 19.4. The Bertz CT molecular complexity index is 1330. The fraction of sp³-hybridized carbons (Fsp3) is 0.250. The van der Waals surface area contributed by atoms with Crippen molar-refractivity contribution in [1.82, 2.24) is 15.0 Å². The Morgan fingerprint density at radius 3 is 2.64 bits per heavy atom. The van der Waals surface area contributed by atoms with Gasteiger partial charge in [0, 0.05) is 36.1 Å². The molecule has 2 aromatic carbocycles. The summed E-state index contributed by atoms with van der Waals surface area (Å²) >= 11 is 0. The molecule has 1 saturated heterocycles. The van der Waals surface area contributed by atoms with Crippen LogP contribution in [0.2, 0.25) is 0 Å². The second-order valence-electron chi connectivity index (χ2n) is 8.02. The van der Waals surface area contributed by atoms with Gasteiger partial charge >= 0.3 is 6.18 Å². The third-order valence-electron chi connectivity index (χ3n) is 5.83. The molecule has 1 aliphatic heterocycles. The lowest BCUT2D eigenvalue weighted by Crippen LogP contribution is -2.36. The van der Waals surface area contributed by atoms with E-state index in [0.717, 1.165) is 41.4 Å². The van der Waals surface area contributed by atoms with Gasteiger partial charge < -0.3 is 19.6 Å². The first kappa shape index (κ1) is 21.3. The molecule has 2 aromatic heterocycles. The first-order chi connectivity index (χ1) is 15.8. The van der Waals surface area contributed by atoms with E-state index in [9.17, 15) is 18.0 Å². The van der Waals surface area contributed by atoms with Crippen LogP contribution in [0.5, 0.6) is 0 Å². The van der Waals surface area contributed by atoms with Crippen LogP contribution in [0.15, 0.2) is 48.7 Å². The number of rotatable bonds is 4. The van der Waals surface area contributed by atoms with Crippen molar-refractivity contribution in [2.75, 3.05) is 31.2 Å². The van der Waals surface area contributed by atoms with Crippen LogP contribution < -0.4 is 4.90 Å². The molecule has 170 valence electrons. The fourth-order valence-electron chi connectivity index (χ4n) is 4.17.